The van der Waals surface area contributed by atoms with Crippen molar-refractivity contribution in [1.82, 2.24) is 0 Å². The van der Waals surface area contributed by atoms with Crippen LogP contribution in [0, 0.1) is 23.2 Å². The van der Waals surface area contributed by atoms with Gasteiger partial charge >= 0.3 is 5.97 Å². The molecule has 3 atom stereocenters. The predicted octanol–water partition coefficient (Wildman–Crippen LogP) is 4.59. The molecule has 5 nitrogen and oxygen atoms in total. The standard InChI is InChI=1S/C21H28N2O3S/c1-13-7-8-15(11-14(13)2)26-20(25)10-9-19(24)23-21-17(12-22)16-5-3-4-6-18(16)27-21/h13-15H,3-11H2,1-2H3,(H,23,24)/t13-,14-,15+/m1/s1. The van der Waals surface area contributed by atoms with Crippen molar-refractivity contribution in [2.24, 2.45) is 11.8 Å². The van der Waals surface area contributed by atoms with Gasteiger partial charge in [0.15, 0.2) is 0 Å². The summed E-state index contributed by atoms with van der Waals surface area (Å²) in [4.78, 5) is 25.6. The molecule has 1 N–H and O–H groups in total. The van der Waals surface area contributed by atoms with Gasteiger partial charge in [-0.15, -0.1) is 11.3 Å². The summed E-state index contributed by atoms with van der Waals surface area (Å²) in [6, 6.07) is 2.24. The Hall–Kier alpha value is -1.87. The van der Waals surface area contributed by atoms with Crippen LogP contribution < -0.4 is 5.32 Å². The van der Waals surface area contributed by atoms with Crippen LogP contribution >= 0.6 is 11.3 Å². The van der Waals surface area contributed by atoms with Gasteiger partial charge in [-0.3, -0.25) is 9.59 Å². The van der Waals surface area contributed by atoms with Crippen LogP contribution in [0.3, 0.4) is 0 Å². The van der Waals surface area contributed by atoms with E-state index < -0.39 is 0 Å². The van der Waals surface area contributed by atoms with E-state index in [2.05, 4.69) is 25.2 Å². The Morgan fingerprint density at radius 2 is 1.96 bits per heavy atom. The van der Waals surface area contributed by atoms with E-state index in [0.717, 1.165) is 50.5 Å². The SMILES string of the molecule is C[C@@H]1CC[C@H](OC(=O)CCC(=O)Nc2sc3c(c2C#N)CCCC3)C[C@H]1C. The van der Waals surface area contributed by atoms with Crippen LogP contribution in [-0.4, -0.2) is 18.0 Å². The van der Waals surface area contributed by atoms with Gasteiger partial charge in [0, 0.05) is 11.3 Å². The number of thiophene rings is 1. The van der Waals surface area contributed by atoms with Gasteiger partial charge in [-0.25, -0.2) is 0 Å². The smallest absolute Gasteiger partial charge is 0.306 e. The van der Waals surface area contributed by atoms with Gasteiger partial charge in [0.2, 0.25) is 5.91 Å². The number of aryl methyl sites for hydroxylation is 1. The highest BCUT2D eigenvalue weighted by Crippen LogP contribution is 2.37. The van der Waals surface area contributed by atoms with Crippen LogP contribution in [-0.2, 0) is 27.2 Å². The third-order valence-corrected chi connectivity index (χ3v) is 7.15. The molecule has 0 spiro atoms. The first kappa shape index (κ1) is 19.9. The molecule has 0 bridgehead atoms. The zero-order chi connectivity index (χ0) is 19.4. The Kier molecular flexibility index (Phi) is 6.54. The van der Waals surface area contributed by atoms with E-state index in [9.17, 15) is 14.9 Å². The summed E-state index contributed by atoms with van der Waals surface area (Å²) in [7, 11) is 0. The monoisotopic (exact) mass is 388 g/mol. The number of rotatable bonds is 5. The maximum absolute atomic E-state index is 12.3. The number of anilines is 1. The molecule has 1 amide bonds. The Morgan fingerprint density at radius 1 is 1.19 bits per heavy atom. The quantitative estimate of drug-likeness (QED) is 0.749. The number of ether oxygens (including phenoxy) is 1. The molecular weight excluding hydrogens is 360 g/mol. The van der Waals surface area contributed by atoms with Crippen molar-refractivity contribution in [3.63, 3.8) is 0 Å². The lowest BCUT2D eigenvalue weighted by Gasteiger charge is -2.31. The van der Waals surface area contributed by atoms with Crippen molar-refractivity contribution in [3.05, 3.63) is 16.0 Å². The van der Waals surface area contributed by atoms with Crippen molar-refractivity contribution in [3.8, 4) is 6.07 Å². The van der Waals surface area contributed by atoms with Crippen molar-refractivity contribution in [1.29, 1.82) is 5.26 Å². The molecule has 0 radical (unpaired) electrons. The Morgan fingerprint density at radius 3 is 2.70 bits per heavy atom. The van der Waals surface area contributed by atoms with Gasteiger partial charge in [-0.05, 0) is 62.3 Å². The molecule has 2 aliphatic rings. The van der Waals surface area contributed by atoms with Crippen LogP contribution in [0.5, 0.6) is 0 Å². The van der Waals surface area contributed by atoms with Gasteiger partial charge < -0.3 is 10.1 Å². The number of carbonyl (C=O) groups is 2. The molecular formula is C21H28N2O3S. The van der Waals surface area contributed by atoms with Crippen molar-refractivity contribution in [2.45, 2.75) is 77.7 Å². The highest BCUT2D eigenvalue weighted by atomic mass is 32.1. The molecule has 3 rings (SSSR count). The minimum atomic E-state index is -0.303. The normalized spacial score (nSPS) is 24.6. The number of carbonyl (C=O) groups excluding carboxylic acids is 2. The van der Waals surface area contributed by atoms with Crippen molar-refractivity contribution in [2.75, 3.05) is 5.32 Å². The van der Waals surface area contributed by atoms with E-state index >= 15 is 0 Å². The number of nitrogens with zero attached hydrogens (tertiary/aromatic N) is 1. The lowest BCUT2D eigenvalue weighted by Crippen LogP contribution is -2.29. The van der Waals surface area contributed by atoms with E-state index in [-0.39, 0.29) is 30.8 Å². The molecule has 146 valence electrons. The van der Waals surface area contributed by atoms with Crippen LogP contribution in [0.15, 0.2) is 0 Å². The Labute approximate surface area is 165 Å². The summed E-state index contributed by atoms with van der Waals surface area (Å²) in [5.74, 6) is 0.710. The van der Waals surface area contributed by atoms with Crippen molar-refractivity contribution < 1.29 is 14.3 Å². The number of esters is 1. The topological polar surface area (TPSA) is 79.2 Å². The number of amides is 1. The number of hydrogen-bond acceptors (Lipinski definition) is 5. The minimum absolute atomic E-state index is 0.0130. The van der Waals surface area contributed by atoms with E-state index in [1.54, 1.807) is 0 Å². The summed E-state index contributed by atoms with van der Waals surface area (Å²) in [5.41, 5.74) is 1.71. The number of hydrogen-bond donors (Lipinski definition) is 1. The van der Waals surface area contributed by atoms with Crippen LogP contribution in [0.25, 0.3) is 0 Å². The number of fused-ring (bicyclic) bond motifs is 1. The highest BCUT2D eigenvalue weighted by molar-refractivity contribution is 7.16. The predicted molar refractivity (Wildman–Crippen MR) is 106 cm³/mol. The fourth-order valence-electron chi connectivity index (χ4n) is 4.03. The molecule has 6 heteroatoms. The molecule has 0 aliphatic heterocycles. The van der Waals surface area contributed by atoms with Gasteiger partial charge in [0.05, 0.1) is 12.0 Å². The fourth-order valence-corrected chi connectivity index (χ4v) is 5.28. The van der Waals surface area contributed by atoms with Gasteiger partial charge in [-0.2, -0.15) is 5.26 Å². The second-order valence-corrected chi connectivity index (χ2v) is 9.06. The first-order valence-electron chi connectivity index (χ1n) is 10.0. The Balaban J connectivity index is 1.48. The zero-order valence-electron chi connectivity index (χ0n) is 16.2. The van der Waals surface area contributed by atoms with Crippen molar-refractivity contribution >= 4 is 28.2 Å². The average Bonchev–Trinajstić information content (AvgIpc) is 3.00. The fraction of sp³-hybridized carbons (Fsp3) is 0.667. The lowest BCUT2D eigenvalue weighted by atomic mass is 9.80. The van der Waals surface area contributed by atoms with Crippen LogP contribution in [0.1, 0.15) is 74.8 Å². The van der Waals surface area contributed by atoms with Crippen LogP contribution in [0.4, 0.5) is 5.00 Å². The second-order valence-electron chi connectivity index (χ2n) is 7.95. The summed E-state index contributed by atoms with van der Waals surface area (Å²) in [6.07, 6.45) is 7.18. The van der Waals surface area contributed by atoms with E-state index in [1.165, 1.54) is 16.2 Å². The first-order chi connectivity index (χ1) is 13.0. The second kappa shape index (κ2) is 8.88. The molecule has 1 saturated carbocycles. The molecule has 0 unspecified atom stereocenters. The van der Waals surface area contributed by atoms with E-state index in [0.29, 0.717) is 22.4 Å². The lowest BCUT2D eigenvalue weighted by molar-refractivity contribution is -0.152. The number of nitrogens with one attached hydrogen (secondary N) is 1. The third kappa shape index (κ3) is 4.90. The van der Waals surface area contributed by atoms with Gasteiger partial charge in [0.1, 0.15) is 17.2 Å². The Bertz CT molecular complexity index is 749. The molecule has 0 saturated heterocycles. The summed E-state index contributed by atoms with van der Waals surface area (Å²) in [6.45, 7) is 4.44. The maximum Gasteiger partial charge on any atom is 0.306 e. The molecule has 2 aliphatic carbocycles. The summed E-state index contributed by atoms with van der Waals surface area (Å²) in [5, 5.41) is 12.9. The van der Waals surface area contributed by atoms with E-state index in [4.69, 9.17) is 4.74 Å². The molecule has 27 heavy (non-hydrogen) atoms. The largest absolute Gasteiger partial charge is 0.462 e. The third-order valence-electron chi connectivity index (χ3n) is 5.94. The summed E-state index contributed by atoms with van der Waals surface area (Å²) >= 11 is 1.51. The maximum atomic E-state index is 12.3. The molecule has 1 aromatic rings. The number of nitriles is 1. The average molecular weight is 389 g/mol. The van der Waals surface area contributed by atoms with Gasteiger partial charge in [-0.1, -0.05) is 13.8 Å². The van der Waals surface area contributed by atoms with E-state index in [1.807, 2.05) is 0 Å². The van der Waals surface area contributed by atoms with Crippen LogP contribution in [0.2, 0.25) is 0 Å². The molecule has 1 aromatic heterocycles. The van der Waals surface area contributed by atoms with Gasteiger partial charge in [0.25, 0.3) is 0 Å². The molecule has 0 aromatic carbocycles. The molecule has 1 fully saturated rings. The highest BCUT2D eigenvalue weighted by Gasteiger charge is 2.27. The zero-order valence-corrected chi connectivity index (χ0v) is 17.0. The summed E-state index contributed by atoms with van der Waals surface area (Å²) < 4.78 is 5.55. The first-order valence-corrected chi connectivity index (χ1v) is 10.8. The molecule has 1 heterocycles. The minimum Gasteiger partial charge on any atom is -0.462 e.